The van der Waals surface area contributed by atoms with Gasteiger partial charge in [-0.2, -0.15) is 0 Å². The minimum atomic E-state index is -0.432. The standard InChI is InChI=1S/C9H20N4O/c1-2-3-4-8(12-9(10)14)13-6-5-11-7-13/h8,11H,2-7H2,1H3,(H3,10,12,14). The molecule has 0 bridgehead atoms. The summed E-state index contributed by atoms with van der Waals surface area (Å²) >= 11 is 0. The lowest BCUT2D eigenvalue weighted by Gasteiger charge is -2.26. The Morgan fingerprint density at radius 1 is 1.71 bits per heavy atom. The minimum Gasteiger partial charge on any atom is -0.352 e. The average Bonchev–Trinajstić information content (AvgIpc) is 2.64. The van der Waals surface area contributed by atoms with Gasteiger partial charge in [-0.1, -0.05) is 19.8 Å². The third-order valence-electron chi connectivity index (χ3n) is 2.47. The lowest BCUT2D eigenvalue weighted by atomic mass is 10.2. The van der Waals surface area contributed by atoms with Crippen LogP contribution in [0.2, 0.25) is 0 Å². The Morgan fingerprint density at radius 2 is 2.50 bits per heavy atom. The fraction of sp³-hybridized carbons (Fsp3) is 0.889. The highest BCUT2D eigenvalue weighted by Gasteiger charge is 2.21. The van der Waals surface area contributed by atoms with Gasteiger partial charge in [-0.25, -0.2) is 4.79 Å². The number of primary amides is 1. The van der Waals surface area contributed by atoms with Gasteiger partial charge in [0.25, 0.3) is 0 Å². The second kappa shape index (κ2) is 5.82. The lowest BCUT2D eigenvalue weighted by molar-refractivity contribution is 0.184. The zero-order valence-corrected chi connectivity index (χ0v) is 8.75. The predicted molar refractivity (Wildman–Crippen MR) is 55.6 cm³/mol. The van der Waals surface area contributed by atoms with Gasteiger partial charge >= 0.3 is 6.03 Å². The molecule has 0 radical (unpaired) electrons. The fourth-order valence-electron chi connectivity index (χ4n) is 1.70. The Morgan fingerprint density at radius 3 is 3.00 bits per heavy atom. The van der Waals surface area contributed by atoms with Crippen molar-refractivity contribution in [3.05, 3.63) is 0 Å². The van der Waals surface area contributed by atoms with Crippen LogP contribution in [0.1, 0.15) is 26.2 Å². The van der Waals surface area contributed by atoms with E-state index in [9.17, 15) is 4.79 Å². The van der Waals surface area contributed by atoms with Crippen LogP contribution in [0.15, 0.2) is 0 Å². The highest BCUT2D eigenvalue weighted by molar-refractivity contribution is 5.71. The highest BCUT2D eigenvalue weighted by atomic mass is 16.2. The molecule has 0 spiro atoms. The van der Waals surface area contributed by atoms with E-state index in [1.165, 1.54) is 0 Å². The maximum absolute atomic E-state index is 10.8. The quantitative estimate of drug-likeness (QED) is 0.586. The molecule has 82 valence electrons. The summed E-state index contributed by atoms with van der Waals surface area (Å²) in [7, 11) is 0. The predicted octanol–water partition coefficient (Wildman–Crippen LogP) is 0.0337. The number of unbranched alkanes of at least 4 members (excludes halogenated alkanes) is 1. The van der Waals surface area contributed by atoms with Crippen LogP contribution < -0.4 is 16.4 Å². The first-order chi connectivity index (χ1) is 6.74. The molecule has 5 heteroatoms. The number of hydrogen-bond acceptors (Lipinski definition) is 3. The summed E-state index contributed by atoms with van der Waals surface area (Å²) in [5.41, 5.74) is 5.14. The van der Waals surface area contributed by atoms with E-state index >= 15 is 0 Å². The van der Waals surface area contributed by atoms with Crippen LogP contribution in [0.4, 0.5) is 4.79 Å². The van der Waals surface area contributed by atoms with E-state index in [4.69, 9.17) is 5.73 Å². The summed E-state index contributed by atoms with van der Waals surface area (Å²) in [6.07, 6.45) is 3.32. The molecule has 4 N–H and O–H groups in total. The third-order valence-corrected chi connectivity index (χ3v) is 2.47. The van der Waals surface area contributed by atoms with Gasteiger partial charge in [0, 0.05) is 13.1 Å². The Bertz CT molecular complexity index is 180. The van der Waals surface area contributed by atoms with Crippen LogP contribution in [0.5, 0.6) is 0 Å². The van der Waals surface area contributed by atoms with Crippen molar-refractivity contribution in [2.24, 2.45) is 5.73 Å². The van der Waals surface area contributed by atoms with Gasteiger partial charge in [0.15, 0.2) is 0 Å². The molecule has 0 saturated carbocycles. The smallest absolute Gasteiger partial charge is 0.313 e. The van der Waals surface area contributed by atoms with Crippen LogP contribution in [0.3, 0.4) is 0 Å². The minimum absolute atomic E-state index is 0.0995. The first-order valence-electron chi connectivity index (χ1n) is 5.24. The van der Waals surface area contributed by atoms with Crippen molar-refractivity contribution in [3.8, 4) is 0 Å². The molecule has 14 heavy (non-hydrogen) atoms. The van der Waals surface area contributed by atoms with Crippen molar-refractivity contribution >= 4 is 6.03 Å². The summed E-state index contributed by atoms with van der Waals surface area (Å²) < 4.78 is 0. The molecule has 0 aromatic rings. The number of nitrogens with zero attached hydrogens (tertiary/aromatic N) is 1. The number of urea groups is 1. The first kappa shape index (κ1) is 11.3. The molecule has 1 heterocycles. The number of rotatable bonds is 5. The molecular weight excluding hydrogens is 180 g/mol. The molecule has 5 nitrogen and oxygen atoms in total. The summed E-state index contributed by atoms with van der Waals surface area (Å²) in [6, 6.07) is -0.432. The molecule has 1 aliphatic heterocycles. The number of hydrogen-bond donors (Lipinski definition) is 3. The number of amides is 2. The van der Waals surface area contributed by atoms with E-state index in [0.29, 0.717) is 0 Å². The number of nitrogens with two attached hydrogens (primary N) is 1. The van der Waals surface area contributed by atoms with E-state index in [0.717, 1.165) is 39.0 Å². The SMILES string of the molecule is CCCCC(NC(N)=O)N1CCNC1. The van der Waals surface area contributed by atoms with Crippen LogP contribution in [0.25, 0.3) is 0 Å². The second-order valence-corrected chi connectivity index (χ2v) is 3.64. The molecule has 1 rings (SSSR count). The Hall–Kier alpha value is -0.810. The number of nitrogens with one attached hydrogen (secondary N) is 2. The van der Waals surface area contributed by atoms with Crippen LogP contribution in [0, 0.1) is 0 Å². The molecule has 0 aliphatic carbocycles. The maximum Gasteiger partial charge on any atom is 0.313 e. The van der Waals surface area contributed by atoms with Crippen molar-refractivity contribution in [2.75, 3.05) is 19.8 Å². The van der Waals surface area contributed by atoms with Crippen molar-refractivity contribution in [2.45, 2.75) is 32.4 Å². The molecule has 1 aliphatic rings. The zero-order valence-electron chi connectivity index (χ0n) is 8.75. The maximum atomic E-state index is 10.8. The molecule has 0 aromatic carbocycles. The summed E-state index contributed by atoms with van der Waals surface area (Å²) in [4.78, 5) is 13.0. The van der Waals surface area contributed by atoms with Gasteiger partial charge < -0.3 is 16.4 Å². The first-order valence-corrected chi connectivity index (χ1v) is 5.24. The Balaban J connectivity index is 2.37. The van der Waals surface area contributed by atoms with Crippen molar-refractivity contribution < 1.29 is 4.79 Å². The van der Waals surface area contributed by atoms with Crippen LogP contribution in [-0.2, 0) is 0 Å². The average molecular weight is 200 g/mol. The highest BCUT2D eigenvalue weighted by Crippen LogP contribution is 2.07. The summed E-state index contributed by atoms with van der Waals surface area (Å²) in [5.74, 6) is 0. The molecule has 1 atom stereocenters. The van der Waals surface area contributed by atoms with Gasteiger partial charge in [-0.15, -0.1) is 0 Å². The Kier molecular flexibility index (Phi) is 4.69. The molecule has 1 fully saturated rings. The Labute approximate surface area is 85.0 Å². The van der Waals surface area contributed by atoms with E-state index in [2.05, 4.69) is 22.5 Å². The lowest BCUT2D eigenvalue weighted by Crippen LogP contribution is -2.49. The fourth-order valence-corrected chi connectivity index (χ4v) is 1.70. The summed E-state index contributed by atoms with van der Waals surface area (Å²) in [6.45, 7) is 4.95. The summed E-state index contributed by atoms with van der Waals surface area (Å²) in [5, 5.41) is 6.02. The number of carbonyl (C=O) groups is 1. The van der Waals surface area contributed by atoms with Gasteiger partial charge in [0.2, 0.25) is 0 Å². The van der Waals surface area contributed by atoms with E-state index in [-0.39, 0.29) is 6.17 Å². The van der Waals surface area contributed by atoms with Crippen molar-refractivity contribution in [3.63, 3.8) is 0 Å². The van der Waals surface area contributed by atoms with Gasteiger partial charge in [-0.05, 0) is 6.42 Å². The molecule has 1 saturated heterocycles. The van der Waals surface area contributed by atoms with E-state index in [1.807, 2.05) is 0 Å². The van der Waals surface area contributed by atoms with Gasteiger partial charge in [0.1, 0.15) is 0 Å². The normalized spacial score (nSPS) is 19.5. The van der Waals surface area contributed by atoms with Crippen molar-refractivity contribution in [1.29, 1.82) is 0 Å². The second-order valence-electron chi connectivity index (χ2n) is 3.64. The van der Waals surface area contributed by atoms with Crippen molar-refractivity contribution in [1.82, 2.24) is 15.5 Å². The largest absolute Gasteiger partial charge is 0.352 e. The third kappa shape index (κ3) is 3.51. The van der Waals surface area contributed by atoms with Crippen LogP contribution >= 0.6 is 0 Å². The zero-order chi connectivity index (χ0) is 10.4. The van der Waals surface area contributed by atoms with E-state index in [1.54, 1.807) is 0 Å². The molecule has 2 amide bonds. The van der Waals surface area contributed by atoms with Gasteiger partial charge in [0.05, 0.1) is 12.8 Å². The molecular formula is C9H20N4O. The van der Waals surface area contributed by atoms with E-state index < -0.39 is 6.03 Å². The topological polar surface area (TPSA) is 70.4 Å². The monoisotopic (exact) mass is 200 g/mol. The van der Waals surface area contributed by atoms with Crippen LogP contribution in [-0.4, -0.2) is 36.9 Å². The molecule has 0 aromatic heterocycles. The number of carbonyl (C=O) groups excluding carboxylic acids is 1. The van der Waals surface area contributed by atoms with Gasteiger partial charge in [-0.3, -0.25) is 4.90 Å². The molecule has 1 unspecified atom stereocenters.